The zero-order valence-corrected chi connectivity index (χ0v) is 11.9. The quantitative estimate of drug-likeness (QED) is 0.793. The van der Waals surface area contributed by atoms with Crippen LogP contribution in [-0.2, 0) is 4.79 Å². The molecule has 0 fully saturated rings. The number of benzene rings is 1. The molecule has 1 rings (SSSR count). The Morgan fingerprint density at radius 2 is 2.05 bits per heavy atom. The van der Waals surface area contributed by atoms with Gasteiger partial charge in [0.15, 0.2) is 11.5 Å². The third-order valence-electron chi connectivity index (χ3n) is 2.42. The van der Waals surface area contributed by atoms with Crippen molar-refractivity contribution in [2.24, 2.45) is 0 Å². The lowest BCUT2D eigenvalue weighted by atomic mass is 10.2. The second kappa shape index (κ2) is 7.63. The fourth-order valence-corrected chi connectivity index (χ4v) is 1.52. The summed E-state index contributed by atoms with van der Waals surface area (Å²) in [5.74, 6) is 1.20. The van der Waals surface area contributed by atoms with Crippen LogP contribution in [0, 0.1) is 0 Å². The molecule has 106 valence electrons. The van der Waals surface area contributed by atoms with Gasteiger partial charge in [-0.05, 0) is 19.1 Å². The Bertz CT molecular complexity index is 419. The van der Waals surface area contributed by atoms with Gasteiger partial charge in [-0.1, -0.05) is 13.8 Å². The standard InChI is InChI=1S/C14H22N2O3/c1-5-19-13-8-11(6-7-12(13)18-4)16-14(17)9-15-10(2)3/h6-8,10,15H,5,9H2,1-4H3,(H,16,17). The molecule has 0 saturated carbocycles. The van der Waals surface area contributed by atoms with Crippen molar-refractivity contribution in [1.82, 2.24) is 5.32 Å². The SMILES string of the molecule is CCOc1cc(NC(=O)CNC(C)C)ccc1OC. The zero-order chi connectivity index (χ0) is 14.3. The third kappa shape index (κ3) is 5.18. The number of carbonyl (C=O) groups excluding carboxylic acids is 1. The van der Waals surface area contributed by atoms with E-state index in [0.29, 0.717) is 23.8 Å². The monoisotopic (exact) mass is 266 g/mol. The van der Waals surface area contributed by atoms with Crippen molar-refractivity contribution in [3.63, 3.8) is 0 Å². The summed E-state index contributed by atoms with van der Waals surface area (Å²) in [5.41, 5.74) is 0.694. The molecule has 2 N–H and O–H groups in total. The van der Waals surface area contributed by atoms with E-state index in [0.717, 1.165) is 0 Å². The fourth-order valence-electron chi connectivity index (χ4n) is 1.52. The van der Waals surface area contributed by atoms with Gasteiger partial charge in [0.1, 0.15) is 0 Å². The molecule has 1 aromatic carbocycles. The summed E-state index contributed by atoms with van der Waals surface area (Å²) in [6.45, 7) is 6.72. The van der Waals surface area contributed by atoms with Crippen LogP contribution in [0.15, 0.2) is 18.2 Å². The molecule has 0 spiro atoms. The highest BCUT2D eigenvalue weighted by molar-refractivity contribution is 5.92. The van der Waals surface area contributed by atoms with Crippen LogP contribution in [0.5, 0.6) is 11.5 Å². The summed E-state index contributed by atoms with van der Waals surface area (Å²) in [4.78, 5) is 11.7. The molecule has 0 bridgehead atoms. The maximum atomic E-state index is 11.7. The van der Waals surface area contributed by atoms with E-state index in [4.69, 9.17) is 9.47 Å². The average Bonchev–Trinajstić information content (AvgIpc) is 2.37. The van der Waals surface area contributed by atoms with Crippen molar-refractivity contribution >= 4 is 11.6 Å². The molecule has 1 amide bonds. The molecule has 0 atom stereocenters. The first-order valence-corrected chi connectivity index (χ1v) is 6.40. The number of methoxy groups -OCH3 is 1. The van der Waals surface area contributed by atoms with E-state index < -0.39 is 0 Å². The lowest BCUT2D eigenvalue weighted by Gasteiger charge is -2.12. The van der Waals surface area contributed by atoms with Gasteiger partial charge in [0.2, 0.25) is 5.91 Å². The van der Waals surface area contributed by atoms with Gasteiger partial charge in [0.05, 0.1) is 20.3 Å². The maximum Gasteiger partial charge on any atom is 0.238 e. The zero-order valence-electron chi connectivity index (χ0n) is 11.9. The molecule has 0 heterocycles. The predicted octanol–water partition coefficient (Wildman–Crippen LogP) is 2.03. The molecule has 0 aliphatic rings. The topological polar surface area (TPSA) is 59.6 Å². The maximum absolute atomic E-state index is 11.7. The van der Waals surface area contributed by atoms with Crippen molar-refractivity contribution in [3.8, 4) is 11.5 Å². The minimum absolute atomic E-state index is 0.0821. The smallest absolute Gasteiger partial charge is 0.238 e. The first kappa shape index (κ1) is 15.3. The van der Waals surface area contributed by atoms with Gasteiger partial charge in [0.25, 0.3) is 0 Å². The number of hydrogen-bond acceptors (Lipinski definition) is 4. The Labute approximate surface area is 114 Å². The highest BCUT2D eigenvalue weighted by atomic mass is 16.5. The normalized spacial score (nSPS) is 10.4. The molecule has 0 aliphatic carbocycles. The molecule has 0 aliphatic heterocycles. The van der Waals surface area contributed by atoms with E-state index in [-0.39, 0.29) is 18.5 Å². The van der Waals surface area contributed by atoms with Crippen LogP contribution in [0.3, 0.4) is 0 Å². The molecule has 5 nitrogen and oxygen atoms in total. The average molecular weight is 266 g/mol. The summed E-state index contributed by atoms with van der Waals surface area (Å²) in [6.07, 6.45) is 0. The van der Waals surface area contributed by atoms with Gasteiger partial charge < -0.3 is 20.1 Å². The first-order chi connectivity index (χ1) is 9.06. The summed E-state index contributed by atoms with van der Waals surface area (Å²) in [7, 11) is 1.59. The molecule has 5 heteroatoms. The van der Waals surface area contributed by atoms with E-state index in [9.17, 15) is 4.79 Å². The van der Waals surface area contributed by atoms with Gasteiger partial charge >= 0.3 is 0 Å². The molecule has 0 radical (unpaired) electrons. The van der Waals surface area contributed by atoms with Gasteiger partial charge in [-0.2, -0.15) is 0 Å². The van der Waals surface area contributed by atoms with E-state index >= 15 is 0 Å². The Balaban J connectivity index is 2.68. The van der Waals surface area contributed by atoms with Gasteiger partial charge in [-0.3, -0.25) is 4.79 Å². The van der Waals surface area contributed by atoms with Crippen LogP contribution >= 0.6 is 0 Å². The molecule has 19 heavy (non-hydrogen) atoms. The molecule has 0 saturated heterocycles. The first-order valence-electron chi connectivity index (χ1n) is 6.40. The van der Waals surface area contributed by atoms with E-state index in [1.54, 1.807) is 25.3 Å². The number of ether oxygens (including phenoxy) is 2. The van der Waals surface area contributed by atoms with Crippen LogP contribution in [0.25, 0.3) is 0 Å². The van der Waals surface area contributed by atoms with Crippen molar-refractivity contribution < 1.29 is 14.3 Å². The summed E-state index contributed by atoms with van der Waals surface area (Å²) in [5, 5.41) is 5.87. The van der Waals surface area contributed by atoms with Crippen LogP contribution in [0.2, 0.25) is 0 Å². The Morgan fingerprint density at radius 1 is 1.32 bits per heavy atom. The predicted molar refractivity (Wildman–Crippen MR) is 75.9 cm³/mol. The number of nitrogens with one attached hydrogen (secondary N) is 2. The molecule has 0 unspecified atom stereocenters. The van der Waals surface area contributed by atoms with Crippen LogP contribution in [0.1, 0.15) is 20.8 Å². The number of hydrogen-bond donors (Lipinski definition) is 2. The summed E-state index contributed by atoms with van der Waals surface area (Å²) < 4.78 is 10.6. The number of amides is 1. The Hall–Kier alpha value is -1.75. The Morgan fingerprint density at radius 3 is 2.63 bits per heavy atom. The third-order valence-corrected chi connectivity index (χ3v) is 2.42. The summed E-state index contributed by atoms with van der Waals surface area (Å²) >= 11 is 0. The number of carbonyl (C=O) groups is 1. The minimum atomic E-state index is -0.0821. The van der Waals surface area contributed by atoms with Crippen LogP contribution < -0.4 is 20.1 Å². The van der Waals surface area contributed by atoms with Crippen molar-refractivity contribution in [2.45, 2.75) is 26.8 Å². The van der Waals surface area contributed by atoms with E-state index in [1.807, 2.05) is 20.8 Å². The molecule has 1 aromatic rings. The summed E-state index contributed by atoms with van der Waals surface area (Å²) in [6, 6.07) is 5.60. The Kier molecular flexibility index (Phi) is 6.15. The number of anilines is 1. The van der Waals surface area contributed by atoms with Crippen LogP contribution in [0.4, 0.5) is 5.69 Å². The number of rotatable bonds is 7. The lowest BCUT2D eigenvalue weighted by molar-refractivity contribution is -0.115. The van der Waals surface area contributed by atoms with E-state index in [1.165, 1.54) is 0 Å². The second-order valence-corrected chi connectivity index (χ2v) is 4.38. The molecule has 0 aromatic heterocycles. The van der Waals surface area contributed by atoms with Crippen molar-refractivity contribution in [1.29, 1.82) is 0 Å². The highest BCUT2D eigenvalue weighted by Gasteiger charge is 2.08. The highest BCUT2D eigenvalue weighted by Crippen LogP contribution is 2.30. The second-order valence-electron chi connectivity index (χ2n) is 4.38. The largest absolute Gasteiger partial charge is 0.493 e. The minimum Gasteiger partial charge on any atom is -0.493 e. The van der Waals surface area contributed by atoms with Gasteiger partial charge in [-0.15, -0.1) is 0 Å². The lowest BCUT2D eigenvalue weighted by Crippen LogP contribution is -2.32. The fraction of sp³-hybridized carbons (Fsp3) is 0.500. The van der Waals surface area contributed by atoms with Crippen molar-refractivity contribution in [2.75, 3.05) is 25.6 Å². The molecular weight excluding hydrogens is 244 g/mol. The van der Waals surface area contributed by atoms with Crippen molar-refractivity contribution in [3.05, 3.63) is 18.2 Å². The van der Waals surface area contributed by atoms with Crippen LogP contribution in [-0.4, -0.2) is 32.2 Å². The van der Waals surface area contributed by atoms with Gasteiger partial charge in [-0.25, -0.2) is 0 Å². The van der Waals surface area contributed by atoms with Gasteiger partial charge in [0, 0.05) is 17.8 Å². The molecular formula is C14H22N2O3. The van der Waals surface area contributed by atoms with E-state index in [2.05, 4.69) is 10.6 Å².